The van der Waals surface area contributed by atoms with Gasteiger partial charge in [0.15, 0.2) is 0 Å². The average molecular weight is 231 g/mol. The maximum atomic E-state index is 5.98. The summed E-state index contributed by atoms with van der Waals surface area (Å²) in [5.41, 5.74) is 1.19. The van der Waals surface area contributed by atoms with Crippen LogP contribution in [0.25, 0.3) is 0 Å². The van der Waals surface area contributed by atoms with Crippen molar-refractivity contribution in [2.24, 2.45) is 0 Å². The van der Waals surface area contributed by atoms with E-state index in [1.54, 1.807) is 0 Å². The summed E-state index contributed by atoms with van der Waals surface area (Å²) in [5.74, 6) is 1.19. The summed E-state index contributed by atoms with van der Waals surface area (Å²) in [6.45, 7) is 2.66. The highest BCUT2D eigenvalue weighted by Gasteiger charge is 2.52. The van der Waals surface area contributed by atoms with Crippen molar-refractivity contribution in [1.29, 1.82) is 0 Å². The minimum Gasteiger partial charge on any atom is -0.494 e. The summed E-state index contributed by atoms with van der Waals surface area (Å²) < 4.78 is 4.81. The summed E-state index contributed by atoms with van der Waals surface area (Å²) in [4.78, 5) is 0. The zero-order valence-corrected chi connectivity index (χ0v) is 9.48. The zero-order chi connectivity index (χ0) is 10.2. The van der Waals surface area contributed by atoms with Crippen LogP contribution in [0.2, 0.25) is 0 Å². The minimum absolute atomic E-state index is 0.293. The van der Waals surface area contributed by atoms with Gasteiger partial charge in [-0.25, -0.2) is 0 Å². The van der Waals surface area contributed by atoms with Crippen LogP contribution in [0.3, 0.4) is 0 Å². The van der Waals surface area contributed by atoms with E-state index in [9.17, 15) is 0 Å². The van der Waals surface area contributed by atoms with Crippen LogP contribution in [-0.2, 0) is 0 Å². The van der Waals surface area contributed by atoms with E-state index in [-0.39, 0.29) is 0 Å². The fraction of sp³-hybridized carbons (Fsp3) is 0.455. The lowest BCUT2D eigenvalue weighted by molar-refractivity contribution is 0.340. The van der Waals surface area contributed by atoms with Crippen LogP contribution < -0.4 is 4.74 Å². The first-order chi connectivity index (χ1) is 6.63. The van der Waals surface area contributed by atoms with E-state index < -0.39 is 4.33 Å². The smallest absolute Gasteiger partial charge is 0.125 e. The van der Waals surface area contributed by atoms with Crippen molar-refractivity contribution in [3.63, 3.8) is 0 Å². The van der Waals surface area contributed by atoms with Gasteiger partial charge in [-0.3, -0.25) is 0 Å². The summed E-state index contributed by atoms with van der Waals surface area (Å²) >= 11 is 12.0. The van der Waals surface area contributed by atoms with E-state index in [2.05, 4.69) is 0 Å². The molecule has 0 amide bonds. The molecule has 2 rings (SSSR count). The van der Waals surface area contributed by atoms with Crippen LogP contribution >= 0.6 is 23.2 Å². The molecule has 1 aliphatic carbocycles. The molecule has 1 fully saturated rings. The number of hydrogen-bond acceptors (Lipinski definition) is 1. The lowest BCUT2D eigenvalue weighted by atomic mass is 10.1. The third-order valence-electron chi connectivity index (χ3n) is 2.42. The fourth-order valence-electron chi connectivity index (χ4n) is 1.54. The minimum atomic E-state index is -0.535. The molecule has 3 heteroatoms. The molecule has 0 heterocycles. The molecule has 1 aliphatic rings. The third-order valence-corrected chi connectivity index (χ3v) is 3.25. The topological polar surface area (TPSA) is 9.23 Å². The van der Waals surface area contributed by atoms with E-state index in [0.29, 0.717) is 12.5 Å². The van der Waals surface area contributed by atoms with Gasteiger partial charge >= 0.3 is 0 Å². The molecule has 1 atom stereocenters. The first-order valence-corrected chi connectivity index (χ1v) is 5.49. The monoisotopic (exact) mass is 230 g/mol. The van der Waals surface area contributed by atoms with Crippen molar-refractivity contribution in [2.75, 3.05) is 6.61 Å². The Bertz CT molecular complexity index is 319. The first-order valence-electron chi connectivity index (χ1n) is 4.74. The normalized spacial score (nSPS) is 23.2. The van der Waals surface area contributed by atoms with Gasteiger partial charge in [0.25, 0.3) is 0 Å². The Hall–Kier alpha value is -0.400. The molecule has 1 aromatic rings. The third kappa shape index (κ3) is 1.99. The first kappa shape index (κ1) is 10.1. The van der Waals surface area contributed by atoms with Gasteiger partial charge in [0.1, 0.15) is 10.1 Å². The quantitative estimate of drug-likeness (QED) is 0.720. The second kappa shape index (κ2) is 3.63. The van der Waals surface area contributed by atoms with Gasteiger partial charge in [0.05, 0.1) is 6.61 Å². The van der Waals surface area contributed by atoms with Crippen LogP contribution in [0.4, 0.5) is 0 Å². The van der Waals surface area contributed by atoms with Crippen LogP contribution in [0.1, 0.15) is 24.8 Å². The summed E-state index contributed by atoms with van der Waals surface area (Å²) in [6.07, 6.45) is 0.851. The molecule has 0 radical (unpaired) electrons. The Morgan fingerprint density at radius 1 is 1.36 bits per heavy atom. The van der Waals surface area contributed by atoms with Crippen molar-refractivity contribution in [1.82, 2.24) is 0 Å². The second-order valence-corrected chi connectivity index (χ2v) is 5.06. The molecular formula is C11H12Cl2O. The van der Waals surface area contributed by atoms with E-state index >= 15 is 0 Å². The molecule has 0 bridgehead atoms. The van der Waals surface area contributed by atoms with Crippen molar-refractivity contribution in [2.45, 2.75) is 23.6 Å². The van der Waals surface area contributed by atoms with Gasteiger partial charge < -0.3 is 4.74 Å². The van der Waals surface area contributed by atoms with Crippen molar-refractivity contribution in [3.8, 4) is 5.75 Å². The van der Waals surface area contributed by atoms with E-state index in [1.807, 2.05) is 31.2 Å². The Kier molecular flexibility index (Phi) is 2.63. The molecule has 0 spiro atoms. The summed E-state index contributed by atoms with van der Waals surface area (Å²) in [7, 11) is 0. The second-order valence-electron chi connectivity index (χ2n) is 3.52. The molecule has 0 N–H and O–H groups in total. The molecule has 76 valence electrons. The van der Waals surface area contributed by atoms with Gasteiger partial charge in [0, 0.05) is 5.92 Å². The van der Waals surface area contributed by atoms with Gasteiger partial charge in [-0.1, -0.05) is 12.1 Å². The maximum Gasteiger partial charge on any atom is 0.125 e. The summed E-state index contributed by atoms with van der Waals surface area (Å²) in [6, 6.07) is 7.98. The predicted octanol–water partition coefficient (Wildman–Crippen LogP) is 3.75. The highest BCUT2D eigenvalue weighted by Crippen LogP contribution is 2.59. The maximum absolute atomic E-state index is 5.98. The molecular weight excluding hydrogens is 219 g/mol. The zero-order valence-electron chi connectivity index (χ0n) is 7.97. The highest BCUT2D eigenvalue weighted by molar-refractivity contribution is 6.51. The number of hydrogen-bond donors (Lipinski definition) is 0. The van der Waals surface area contributed by atoms with Gasteiger partial charge in [-0.15, -0.1) is 23.2 Å². The Balaban J connectivity index is 2.08. The Morgan fingerprint density at radius 3 is 2.36 bits per heavy atom. The fourth-order valence-corrected chi connectivity index (χ4v) is 2.10. The van der Waals surface area contributed by atoms with Crippen molar-refractivity contribution >= 4 is 23.2 Å². The number of ether oxygens (including phenoxy) is 1. The van der Waals surface area contributed by atoms with Gasteiger partial charge in [0.2, 0.25) is 0 Å². The van der Waals surface area contributed by atoms with Crippen LogP contribution in [0.15, 0.2) is 24.3 Å². The molecule has 1 aromatic carbocycles. The number of halogens is 2. The van der Waals surface area contributed by atoms with Crippen LogP contribution in [0, 0.1) is 0 Å². The molecule has 14 heavy (non-hydrogen) atoms. The lowest BCUT2D eigenvalue weighted by Crippen LogP contribution is -1.93. The standard InChI is InChI=1S/C11H12Cl2O/c1-2-14-9-5-3-8(4-6-9)10-7-11(10,12)13/h3-6,10H,2,7H2,1H3/t10-/m1/s1. The van der Waals surface area contributed by atoms with E-state index in [1.165, 1.54) is 5.56 Å². The molecule has 0 unspecified atom stereocenters. The van der Waals surface area contributed by atoms with Gasteiger partial charge in [-0.05, 0) is 31.0 Å². The Morgan fingerprint density at radius 2 is 1.93 bits per heavy atom. The number of rotatable bonds is 3. The molecule has 0 saturated heterocycles. The SMILES string of the molecule is CCOc1ccc([C@H]2CC2(Cl)Cl)cc1. The van der Waals surface area contributed by atoms with E-state index in [0.717, 1.165) is 12.2 Å². The van der Waals surface area contributed by atoms with Crippen molar-refractivity contribution < 1.29 is 4.74 Å². The molecule has 1 saturated carbocycles. The van der Waals surface area contributed by atoms with E-state index in [4.69, 9.17) is 27.9 Å². The van der Waals surface area contributed by atoms with Gasteiger partial charge in [-0.2, -0.15) is 0 Å². The molecule has 0 aliphatic heterocycles. The number of alkyl halides is 2. The summed E-state index contributed by atoms with van der Waals surface area (Å²) in [5, 5.41) is 0. The lowest BCUT2D eigenvalue weighted by Gasteiger charge is -2.04. The predicted molar refractivity (Wildman–Crippen MR) is 59.4 cm³/mol. The average Bonchev–Trinajstić information content (AvgIpc) is 2.77. The Labute approximate surface area is 94.0 Å². The largest absolute Gasteiger partial charge is 0.494 e. The number of benzene rings is 1. The van der Waals surface area contributed by atoms with Crippen LogP contribution in [0.5, 0.6) is 5.75 Å². The van der Waals surface area contributed by atoms with Crippen LogP contribution in [-0.4, -0.2) is 10.9 Å². The highest BCUT2D eigenvalue weighted by atomic mass is 35.5. The molecule has 1 nitrogen and oxygen atoms in total. The van der Waals surface area contributed by atoms with Crippen molar-refractivity contribution in [3.05, 3.63) is 29.8 Å². The molecule has 0 aromatic heterocycles.